The lowest BCUT2D eigenvalue weighted by Crippen LogP contribution is -2.46. The van der Waals surface area contributed by atoms with Crippen LogP contribution in [-0.2, 0) is 11.2 Å². The Kier molecular flexibility index (Phi) is 5.17. The van der Waals surface area contributed by atoms with Crippen molar-refractivity contribution < 1.29 is 9.53 Å². The van der Waals surface area contributed by atoms with Gasteiger partial charge >= 0.3 is 6.09 Å². The number of carbonyl (C=O) groups is 1. The highest BCUT2D eigenvalue weighted by Crippen LogP contribution is 2.15. The van der Waals surface area contributed by atoms with Crippen molar-refractivity contribution >= 4 is 6.09 Å². The third-order valence-electron chi connectivity index (χ3n) is 3.41. The number of carbonyl (C=O) groups excluding carboxylic acids is 1. The largest absolute Gasteiger partial charge is 0.444 e. The third-order valence-corrected chi connectivity index (χ3v) is 3.41. The first kappa shape index (κ1) is 15.8. The molecule has 0 atom stereocenters. The lowest BCUT2D eigenvalue weighted by molar-refractivity contribution is 0.0198. The van der Waals surface area contributed by atoms with Crippen molar-refractivity contribution in [3.63, 3.8) is 0 Å². The second-order valence-corrected chi connectivity index (χ2v) is 6.38. The summed E-state index contributed by atoms with van der Waals surface area (Å²) in [5, 5.41) is 10.2. The van der Waals surface area contributed by atoms with Crippen molar-refractivity contribution in [3.05, 3.63) is 12.2 Å². The summed E-state index contributed by atoms with van der Waals surface area (Å²) >= 11 is 0. The topological polar surface area (TPSA) is 83.1 Å². The van der Waals surface area contributed by atoms with E-state index >= 15 is 0 Å². The van der Waals surface area contributed by atoms with Gasteiger partial charge in [0.2, 0.25) is 0 Å². The van der Waals surface area contributed by atoms with Gasteiger partial charge in [0.25, 0.3) is 0 Å². The van der Waals surface area contributed by atoms with Crippen LogP contribution in [0.3, 0.4) is 0 Å². The average Bonchev–Trinajstić information content (AvgIpc) is 2.91. The van der Waals surface area contributed by atoms with E-state index in [0.717, 1.165) is 44.7 Å². The SMILES string of the molecule is CC(C)(C)OC(=O)N1CCC(NCCc2ncn[nH]2)CC1. The maximum atomic E-state index is 12.0. The Hall–Kier alpha value is -1.63. The molecule has 1 aromatic rings. The highest BCUT2D eigenvalue weighted by Gasteiger charge is 2.26. The second-order valence-electron chi connectivity index (χ2n) is 6.38. The van der Waals surface area contributed by atoms with Crippen LogP contribution in [0.1, 0.15) is 39.4 Å². The summed E-state index contributed by atoms with van der Waals surface area (Å²) in [4.78, 5) is 17.8. The van der Waals surface area contributed by atoms with E-state index < -0.39 is 5.60 Å². The maximum absolute atomic E-state index is 12.0. The van der Waals surface area contributed by atoms with Crippen LogP contribution >= 0.6 is 0 Å². The zero-order valence-electron chi connectivity index (χ0n) is 13.1. The van der Waals surface area contributed by atoms with Crippen LogP contribution in [0.15, 0.2) is 6.33 Å². The fraction of sp³-hybridized carbons (Fsp3) is 0.786. The molecule has 1 amide bonds. The first-order valence-corrected chi connectivity index (χ1v) is 7.49. The molecule has 1 saturated heterocycles. The van der Waals surface area contributed by atoms with Crippen molar-refractivity contribution in [2.75, 3.05) is 19.6 Å². The molecule has 0 saturated carbocycles. The number of piperidine rings is 1. The Bertz CT molecular complexity index is 433. The molecule has 2 N–H and O–H groups in total. The van der Waals surface area contributed by atoms with E-state index in [2.05, 4.69) is 20.5 Å². The van der Waals surface area contributed by atoms with Gasteiger partial charge in [-0.05, 0) is 33.6 Å². The molecule has 0 radical (unpaired) electrons. The molecule has 0 bridgehead atoms. The van der Waals surface area contributed by atoms with E-state index in [-0.39, 0.29) is 6.09 Å². The van der Waals surface area contributed by atoms with Gasteiger partial charge in [0, 0.05) is 32.1 Å². The zero-order chi connectivity index (χ0) is 15.3. The predicted octanol–water partition coefficient (Wildman–Crippen LogP) is 1.34. The molecule has 1 fully saturated rings. The molecule has 21 heavy (non-hydrogen) atoms. The minimum Gasteiger partial charge on any atom is -0.444 e. The van der Waals surface area contributed by atoms with Crippen LogP contribution in [-0.4, -0.2) is 57.5 Å². The summed E-state index contributed by atoms with van der Waals surface area (Å²) in [5.41, 5.74) is -0.427. The average molecular weight is 295 g/mol. The summed E-state index contributed by atoms with van der Waals surface area (Å²) in [6, 6.07) is 0.451. The first-order chi connectivity index (χ1) is 9.94. The predicted molar refractivity (Wildman–Crippen MR) is 78.9 cm³/mol. The Balaban J connectivity index is 1.65. The van der Waals surface area contributed by atoms with Crippen LogP contribution in [0.5, 0.6) is 0 Å². The van der Waals surface area contributed by atoms with Crippen molar-refractivity contribution in [3.8, 4) is 0 Å². The number of hydrogen-bond acceptors (Lipinski definition) is 5. The van der Waals surface area contributed by atoms with Gasteiger partial charge in [-0.2, -0.15) is 5.10 Å². The Morgan fingerprint density at radius 1 is 1.48 bits per heavy atom. The minimum atomic E-state index is -0.427. The van der Waals surface area contributed by atoms with E-state index in [9.17, 15) is 4.79 Å². The quantitative estimate of drug-likeness (QED) is 0.875. The molecule has 0 aliphatic carbocycles. The van der Waals surface area contributed by atoms with Crippen molar-refractivity contribution in [2.24, 2.45) is 0 Å². The Labute approximate surface area is 125 Å². The van der Waals surface area contributed by atoms with Gasteiger partial charge in [-0.15, -0.1) is 0 Å². The maximum Gasteiger partial charge on any atom is 0.410 e. The van der Waals surface area contributed by atoms with E-state index in [0.29, 0.717) is 6.04 Å². The monoisotopic (exact) mass is 295 g/mol. The van der Waals surface area contributed by atoms with E-state index in [4.69, 9.17) is 4.74 Å². The van der Waals surface area contributed by atoms with Crippen LogP contribution in [0.4, 0.5) is 4.79 Å². The van der Waals surface area contributed by atoms with Gasteiger partial charge in [0.05, 0.1) is 0 Å². The highest BCUT2D eigenvalue weighted by atomic mass is 16.6. The summed E-state index contributed by atoms with van der Waals surface area (Å²) in [6.07, 6.45) is 4.06. The lowest BCUT2D eigenvalue weighted by Gasteiger charge is -2.33. The number of aromatic amines is 1. The minimum absolute atomic E-state index is 0.206. The van der Waals surface area contributed by atoms with Gasteiger partial charge in [-0.25, -0.2) is 9.78 Å². The molecule has 7 nitrogen and oxygen atoms in total. The second kappa shape index (κ2) is 6.89. The van der Waals surface area contributed by atoms with Crippen molar-refractivity contribution in [1.82, 2.24) is 25.4 Å². The molecular weight excluding hydrogens is 270 g/mol. The number of H-pyrrole nitrogens is 1. The molecule has 0 spiro atoms. The van der Waals surface area contributed by atoms with Crippen molar-refractivity contribution in [2.45, 2.75) is 51.7 Å². The number of aromatic nitrogens is 3. The number of amides is 1. The van der Waals surface area contributed by atoms with Gasteiger partial charge in [-0.1, -0.05) is 0 Å². The fourth-order valence-electron chi connectivity index (χ4n) is 2.34. The normalized spacial score (nSPS) is 17.0. The number of likely N-dealkylation sites (tertiary alicyclic amines) is 1. The van der Waals surface area contributed by atoms with Gasteiger partial charge in [0.1, 0.15) is 17.8 Å². The molecule has 1 aliphatic rings. The summed E-state index contributed by atoms with van der Waals surface area (Å²) < 4.78 is 5.39. The highest BCUT2D eigenvalue weighted by molar-refractivity contribution is 5.68. The van der Waals surface area contributed by atoms with Gasteiger partial charge in [0.15, 0.2) is 0 Å². The number of ether oxygens (including phenoxy) is 1. The molecule has 1 aliphatic heterocycles. The number of nitrogens with zero attached hydrogens (tertiary/aromatic N) is 3. The van der Waals surface area contributed by atoms with Crippen LogP contribution in [0, 0.1) is 0 Å². The fourth-order valence-corrected chi connectivity index (χ4v) is 2.34. The molecular formula is C14H25N5O2. The molecule has 1 aromatic heterocycles. The molecule has 0 aromatic carbocycles. The third kappa shape index (κ3) is 5.34. The van der Waals surface area contributed by atoms with Gasteiger partial charge < -0.3 is 15.0 Å². The van der Waals surface area contributed by atoms with E-state index in [1.807, 2.05) is 20.8 Å². The molecule has 7 heteroatoms. The smallest absolute Gasteiger partial charge is 0.410 e. The number of nitrogens with one attached hydrogen (secondary N) is 2. The lowest BCUT2D eigenvalue weighted by atomic mass is 10.1. The standard InChI is InChI=1S/C14H25N5O2/c1-14(2,3)21-13(20)19-8-5-11(6-9-19)15-7-4-12-16-10-17-18-12/h10-11,15H,4-9H2,1-3H3,(H,16,17,18). The van der Waals surface area contributed by atoms with Crippen LogP contribution in [0.25, 0.3) is 0 Å². The van der Waals surface area contributed by atoms with E-state index in [1.165, 1.54) is 6.33 Å². The van der Waals surface area contributed by atoms with Crippen LogP contribution in [0.2, 0.25) is 0 Å². The molecule has 0 unspecified atom stereocenters. The first-order valence-electron chi connectivity index (χ1n) is 7.49. The van der Waals surface area contributed by atoms with E-state index in [1.54, 1.807) is 4.90 Å². The summed E-state index contributed by atoms with van der Waals surface area (Å²) in [6.45, 7) is 8.03. The van der Waals surface area contributed by atoms with Crippen molar-refractivity contribution in [1.29, 1.82) is 0 Å². The summed E-state index contributed by atoms with van der Waals surface area (Å²) in [7, 11) is 0. The number of hydrogen-bond donors (Lipinski definition) is 2. The Morgan fingerprint density at radius 3 is 2.76 bits per heavy atom. The van der Waals surface area contributed by atoms with Gasteiger partial charge in [-0.3, -0.25) is 5.10 Å². The van der Waals surface area contributed by atoms with Crippen LogP contribution < -0.4 is 5.32 Å². The Morgan fingerprint density at radius 2 is 2.19 bits per heavy atom. The zero-order valence-corrected chi connectivity index (χ0v) is 13.1. The summed E-state index contributed by atoms with van der Waals surface area (Å²) in [5.74, 6) is 0.897. The molecule has 118 valence electrons. The number of rotatable bonds is 4. The molecule has 2 heterocycles. The molecule has 2 rings (SSSR count).